The Hall–Kier alpha value is -1.35. The maximum absolute atomic E-state index is 11.9. The number of hydrogen-bond acceptors (Lipinski definition) is 2. The van der Waals surface area contributed by atoms with Crippen LogP contribution in [0.4, 0.5) is 0 Å². The third kappa shape index (κ3) is 2.61. The highest BCUT2D eigenvalue weighted by atomic mass is 16.3. The summed E-state index contributed by atoms with van der Waals surface area (Å²) >= 11 is 0. The van der Waals surface area contributed by atoms with Crippen LogP contribution < -0.4 is 0 Å². The van der Waals surface area contributed by atoms with Crippen molar-refractivity contribution >= 4 is 5.91 Å². The van der Waals surface area contributed by atoms with Crippen LogP contribution in [-0.4, -0.2) is 35.1 Å². The van der Waals surface area contributed by atoms with Gasteiger partial charge >= 0.3 is 0 Å². The molecule has 0 spiro atoms. The van der Waals surface area contributed by atoms with Crippen LogP contribution in [0.15, 0.2) is 24.3 Å². The second-order valence-corrected chi connectivity index (χ2v) is 4.45. The molecule has 1 N–H and O–H groups in total. The lowest BCUT2D eigenvalue weighted by Gasteiger charge is -2.15. The Morgan fingerprint density at radius 3 is 3.00 bits per heavy atom. The van der Waals surface area contributed by atoms with Crippen molar-refractivity contribution < 1.29 is 9.90 Å². The summed E-state index contributed by atoms with van der Waals surface area (Å²) in [5.74, 6) is 0.113. The Morgan fingerprint density at radius 2 is 2.38 bits per heavy atom. The predicted molar refractivity (Wildman–Crippen MR) is 62.1 cm³/mol. The smallest absolute Gasteiger partial charge is 0.227 e. The van der Waals surface area contributed by atoms with E-state index >= 15 is 0 Å². The molecule has 1 aromatic rings. The van der Waals surface area contributed by atoms with Gasteiger partial charge in [-0.2, -0.15) is 0 Å². The van der Waals surface area contributed by atoms with Gasteiger partial charge in [-0.1, -0.05) is 29.8 Å². The molecular formula is C13H17NO2. The van der Waals surface area contributed by atoms with Crippen molar-refractivity contribution in [1.29, 1.82) is 0 Å². The van der Waals surface area contributed by atoms with Crippen LogP contribution in [0.1, 0.15) is 17.5 Å². The number of likely N-dealkylation sites (tertiary alicyclic amines) is 1. The van der Waals surface area contributed by atoms with Crippen LogP contribution in [-0.2, 0) is 11.2 Å². The standard InChI is InChI=1S/C13H17NO2/c1-10-3-2-4-11(7-10)8-13(16)14-6-5-12(15)9-14/h2-4,7,12,15H,5-6,8-9H2,1H3/t12-/m0/s1. The second-order valence-electron chi connectivity index (χ2n) is 4.45. The molecule has 0 bridgehead atoms. The third-order valence-corrected chi connectivity index (χ3v) is 2.95. The van der Waals surface area contributed by atoms with Gasteiger partial charge < -0.3 is 10.0 Å². The summed E-state index contributed by atoms with van der Waals surface area (Å²) in [4.78, 5) is 13.6. The number of aliphatic hydroxyl groups excluding tert-OH is 1. The molecule has 3 nitrogen and oxygen atoms in total. The first-order valence-electron chi connectivity index (χ1n) is 5.66. The number of hydrogen-bond donors (Lipinski definition) is 1. The van der Waals surface area contributed by atoms with Gasteiger partial charge in [0.1, 0.15) is 0 Å². The van der Waals surface area contributed by atoms with Gasteiger partial charge in [-0.25, -0.2) is 0 Å². The molecule has 0 unspecified atom stereocenters. The number of aliphatic hydroxyl groups is 1. The molecule has 2 rings (SSSR count). The first kappa shape index (κ1) is 11.1. The SMILES string of the molecule is Cc1cccc(CC(=O)N2CC[C@H](O)C2)c1. The molecule has 1 aliphatic heterocycles. The van der Waals surface area contributed by atoms with Crippen LogP contribution in [0.3, 0.4) is 0 Å². The third-order valence-electron chi connectivity index (χ3n) is 2.95. The van der Waals surface area contributed by atoms with Crippen molar-refractivity contribution in [3.63, 3.8) is 0 Å². The van der Waals surface area contributed by atoms with E-state index in [0.717, 1.165) is 5.56 Å². The average molecular weight is 219 g/mol. The van der Waals surface area contributed by atoms with Gasteiger partial charge in [0.2, 0.25) is 5.91 Å². The summed E-state index contributed by atoms with van der Waals surface area (Å²) in [5, 5.41) is 9.36. The lowest BCUT2D eigenvalue weighted by atomic mass is 10.1. The number of carbonyl (C=O) groups is 1. The van der Waals surface area contributed by atoms with E-state index in [1.165, 1.54) is 5.56 Å². The molecule has 0 saturated carbocycles. The monoisotopic (exact) mass is 219 g/mol. The molecule has 0 aliphatic carbocycles. The Bertz CT molecular complexity index is 389. The number of rotatable bonds is 2. The normalized spacial score (nSPS) is 20.1. The lowest BCUT2D eigenvalue weighted by Crippen LogP contribution is -2.30. The van der Waals surface area contributed by atoms with Crippen LogP contribution in [0.5, 0.6) is 0 Å². The predicted octanol–water partition coefficient (Wildman–Crippen LogP) is 1.13. The van der Waals surface area contributed by atoms with E-state index in [9.17, 15) is 9.90 Å². The van der Waals surface area contributed by atoms with Gasteiger partial charge in [0.25, 0.3) is 0 Å². The van der Waals surface area contributed by atoms with Crippen molar-refractivity contribution in [2.24, 2.45) is 0 Å². The van der Waals surface area contributed by atoms with Crippen LogP contribution in [0.2, 0.25) is 0 Å². The fourth-order valence-corrected chi connectivity index (χ4v) is 2.08. The Kier molecular flexibility index (Phi) is 3.25. The minimum absolute atomic E-state index is 0.113. The molecule has 3 heteroatoms. The van der Waals surface area contributed by atoms with Gasteiger partial charge in [0, 0.05) is 13.1 Å². The van der Waals surface area contributed by atoms with Gasteiger partial charge in [-0.3, -0.25) is 4.79 Å². The zero-order valence-corrected chi connectivity index (χ0v) is 9.52. The van der Waals surface area contributed by atoms with Crippen LogP contribution in [0.25, 0.3) is 0 Å². The Labute approximate surface area is 95.7 Å². The molecule has 1 aliphatic rings. The van der Waals surface area contributed by atoms with E-state index in [1.807, 2.05) is 31.2 Å². The van der Waals surface area contributed by atoms with E-state index in [4.69, 9.17) is 0 Å². The molecule has 1 saturated heterocycles. The summed E-state index contributed by atoms with van der Waals surface area (Å²) in [6.07, 6.45) is 0.815. The van der Waals surface area contributed by atoms with E-state index in [0.29, 0.717) is 25.9 Å². The molecule has 16 heavy (non-hydrogen) atoms. The minimum atomic E-state index is -0.332. The van der Waals surface area contributed by atoms with E-state index < -0.39 is 0 Å². The first-order chi connectivity index (χ1) is 7.65. The highest BCUT2D eigenvalue weighted by molar-refractivity contribution is 5.79. The number of carbonyl (C=O) groups excluding carboxylic acids is 1. The summed E-state index contributed by atoms with van der Waals surface area (Å²) in [5.41, 5.74) is 2.22. The highest BCUT2D eigenvalue weighted by Crippen LogP contribution is 2.12. The quantitative estimate of drug-likeness (QED) is 0.810. The molecule has 1 fully saturated rings. The average Bonchev–Trinajstić information content (AvgIpc) is 2.65. The number of benzene rings is 1. The summed E-state index contributed by atoms with van der Waals surface area (Å²) in [6.45, 7) is 3.20. The zero-order chi connectivity index (χ0) is 11.5. The van der Waals surface area contributed by atoms with E-state index in [1.54, 1.807) is 4.90 Å². The molecule has 1 amide bonds. The van der Waals surface area contributed by atoms with Gasteiger partial charge in [-0.05, 0) is 18.9 Å². The Balaban J connectivity index is 1.97. The molecule has 0 radical (unpaired) electrons. The number of nitrogens with zero attached hydrogens (tertiary/aromatic N) is 1. The lowest BCUT2D eigenvalue weighted by molar-refractivity contribution is -0.129. The number of amides is 1. The molecule has 0 aromatic heterocycles. The molecule has 86 valence electrons. The minimum Gasteiger partial charge on any atom is -0.391 e. The van der Waals surface area contributed by atoms with E-state index in [-0.39, 0.29) is 12.0 Å². The fourth-order valence-electron chi connectivity index (χ4n) is 2.08. The fraction of sp³-hybridized carbons (Fsp3) is 0.462. The molecule has 1 heterocycles. The van der Waals surface area contributed by atoms with Crippen molar-refractivity contribution in [2.45, 2.75) is 25.9 Å². The first-order valence-corrected chi connectivity index (χ1v) is 5.66. The molecule has 1 atom stereocenters. The van der Waals surface area contributed by atoms with E-state index in [2.05, 4.69) is 0 Å². The molecule has 1 aromatic carbocycles. The number of β-amino-alcohol motifs (C(OH)–C–C–N with tert-alkyl or cyclic N) is 1. The van der Waals surface area contributed by atoms with Crippen LogP contribution in [0, 0.1) is 6.92 Å². The van der Waals surface area contributed by atoms with Crippen molar-refractivity contribution in [1.82, 2.24) is 4.90 Å². The molecular weight excluding hydrogens is 202 g/mol. The van der Waals surface area contributed by atoms with Gasteiger partial charge in [0.05, 0.1) is 12.5 Å². The zero-order valence-electron chi connectivity index (χ0n) is 9.52. The van der Waals surface area contributed by atoms with Crippen molar-refractivity contribution in [3.05, 3.63) is 35.4 Å². The summed E-state index contributed by atoms with van der Waals surface area (Å²) in [6, 6.07) is 7.99. The maximum Gasteiger partial charge on any atom is 0.227 e. The van der Waals surface area contributed by atoms with Crippen molar-refractivity contribution in [2.75, 3.05) is 13.1 Å². The topological polar surface area (TPSA) is 40.5 Å². The Morgan fingerprint density at radius 1 is 1.56 bits per heavy atom. The van der Waals surface area contributed by atoms with Crippen LogP contribution >= 0.6 is 0 Å². The second kappa shape index (κ2) is 4.66. The highest BCUT2D eigenvalue weighted by Gasteiger charge is 2.24. The largest absolute Gasteiger partial charge is 0.391 e. The number of aryl methyl sites for hydroxylation is 1. The summed E-state index contributed by atoms with van der Waals surface area (Å²) in [7, 11) is 0. The maximum atomic E-state index is 11.9. The summed E-state index contributed by atoms with van der Waals surface area (Å²) < 4.78 is 0. The van der Waals surface area contributed by atoms with Crippen molar-refractivity contribution in [3.8, 4) is 0 Å². The van der Waals surface area contributed by atoms with Gasteiger partial charge in [0.15, 0.2) is 0 Å². The van der Waals surface area contributed by atoms with Gasteiger partial charge in [-0.15, -0.1) is 0 Å².